The van der Waals surface area contributed by atoms with Crippen LogP contribution in [0, 0.1) is 25.2 Å². The predicted octanol–water partition coefficient (Wildman–Crippen LogP) is 3.36. The molecule has 1 aromatic carbocycles. The molecule has 3 heteroatoms. The van der Waals surface area contributed by atoms with Gasteiger partial charge in [0.1, 0.15) is 23.1 Å². The number of rotatable bonds is 2. The van der Waals surface area contributed by atoms with Gasteiger partial charge in [-0.05, 0) is 26.0 Å². The molecule has 0 radical (unpaired) electrons. The van der Waals surface area contributed by atoms with Crippen LogP contribution in [0.3, 0.4) is 0 Å². The monoisotopic (exact) mass is 224 g/mol. The highest BCUT2D eigenvalue weighted by molar-refractivity contribution is 5.47. The molecular formula is C14H12N2O. The summed E-state index contributed by atoms with van der Waals surface area (Å²) in [6.45, 7) is 3.81. The second kappa shape index (κ2) is 4.67. The average Bonchev–Trinajstić information content (AvgIpc) is 2.32. The maximum Gasteiger partial charge on any atom is 0.148 e. The normalized spacial score (nSPS) is 9.71. The van der Waals surface area contributed by atoms with Crippen molar-refractivity contribution in [3.63, 3.8) is 0 Å². The van der Waals surface area contributed by atoms with Crippen LogP contribution in [0.2, 0.25) is 0 Å². The van der Waals surface area contributed by atoms with Crippen molar-refractivity contribution in [3.05, 3.63) is 53.3 Å². The minimum absolute atomic E-state index is 0.480. The molecule has 0 aliphatic heterocycles. The molecule has 0 bridgehead atoms. The minimum atomic E-state index is 0.480. The number of nitrogens with zero attached hydrogens (tertiary/aromatic N) is 2. The third-order valence-electron chi connectivity index (χ3n) is 2.46. The van der Waals surface area contributed by atoms with Gasteiger partial charge in [0.05, 0.1) is 5.69 Å². The lowest BCUT2D eigenvalue weighted by Gasteiger charge is -2.08. The van der Waals surface area contributed by atoms with Crippen molar-refractivity contribution in [1.82, 2.24) is 4.98 Å². The minimum Gasteiger partial charge on any atom is -0.456 e. The first kappa shape index (κ1) is 11.2. The summed E-state index contributed by atoms with van der Waals surface area (Å²) in [4.78, 5) is 4.06. The Labute approximate surface area is 100 Å². The Hall–Kier alpha value is -2.34. The Kier molecular flexibility index (Phi) is 3.06. The molecule has 0 spiro atoms. The van der Waals surface area contributed by atoms with Crippen molar-refractivity contribution in [1.29, 1.82) is 5.26 Å². The maximum atomic E-state index is 9.05. The molecule has 0 aliphatic carbocycles. The molecule has 2 rings (SSSR count). The van der Waals surface area contributed by atoms with E-state index in [1.807, 2.05) is 31.2 Å². The topological polar surface area (TPSA) is 45.9 Å². The van der Waals surface area contributed by atoms with Gasteiger partial charge in [0.2, 0.25) is 0 Å². The van der Waals surface area contributed by atoms with Gasteiger partial charge in [0.15, 0.2) is 0 Å². The van der Waals surface area contributed by atoms with Crippen molar-refractivity contribution in [2.75, 3.05) is 0 Å². The number of ether oxygens (including phenoxy) is 1. The highest BCUT2D eigenvalue weighted by Gasteiger charge is 2.07. The molecule has 84 valence electrons. The van der Waals surface area contributed by atoms with Crippen molar-refractivity contribution in [2.24, 2.45) is 0 Å². The fourth-order valence-electron chi connectivity index (χ4n) is 1.50. The van der Waals surface area contributed by atoms with Crippen LogP contribution < -0.4 is 4.74 Å². The number of hydrogen-bond donors (Lipinski definition) is 0. The van der Waals surface area contributed by atoms with Gasteiger partial charge >= 0.3 is 0 Å². The fraction of sp³-hybridized carbons (Fsp3) is 0.143. The maximum absolute atomic E-state index is 9.05. The summed E-state index contributed by atoms with van der Waals surface area (Å²) in [7, 11) is 0. The van der Waals surface area contributed by atoms with E-state index in [2.05, 4.69) is 11.1 Å². The fourth-order valence-corrected chi connectivity index (χ4v) is 1.50. The smallest absolute Gasteiger partial charge is 0.148 e. The van der Waals surface area contributed by atoms with Gasteiger partial charge in [-0.25, -0.2) is 0 Å². The zero-order chi connectivity index (χ0) is 12.3. The molecular weight excluding hydrogens is 212 g/mol. The number of aryl methyl sites for hydroxylation is 2. The van der Waals surface area contributed by atoms with E-state index in [4.69, 9.17) is 10.00 Å². The molecule has 0 saturated heterocycles. The molecule has 2 aromatic rings. The molecule has 0 amide bonds. The Morgan fingerprint density at radius 1 is 1.12 bits per heavy atom. The summed E-state index contributed by atoms with van der Waals surface area (Å²) >= 11 is 0. The van der Waals surface area contributed by atoms with Crippen LogP contribution in [0.15, 0.2) is 36.5 Å². The third kappa shape index (κ3) is 2.43. The standard InChI is InChI=1S/C14H12N2O/c1-10-3-5-12(6-4-10)17-14-7-8-16-11(2)13(14)9-15/h3-8H,1-2H3. The molecule has 0 fully saturated rings. The van der Waals surface area contributed by atoms with E-state index in [-0.39, 0.29) is 0 Å². The lowest BCUT2D eigenvalue weighted by atomic mass is 10.2. The van der Waals surface area contributed by atoms with Crippen LogP contribution in [-0.4, -0.2) is 4.98 Å². The molecule has 0 atom stereocenters. The van der Waals surface area contributed by atoms with E-state index in [0.717, 1.165) is 5.75 Å². The molecule has 0 unspecified atom stereocenters. The SMILES string of the molecule is Cc1ccc(Oc2ccnc(C)c2C#N)cc1. The first-order valence-electron chi connectivity index (χ1n) is 5.31. The molecule has 1 heterocycles. The summed E-state index contributed by atoms with van der Waals surface area (Å²) in [6.07, 6.45) is 1.64. The van der Waals surface area contributed by atoms with E-state index >= 15 is 0 Å². The lowest BCUT2D eigenvalue weighted by Crippen LogP contribution is -1.93. The molecule has 3 nitrogen and oxygen atoms in total. The van der Waals surface area contributed by atoms with Crippen LogP contribution in [0.25, 0.3) is 0 Å². The second-order valence-electron chi connectivity index (χ2n) is 3.80. The number of pyridine rings is 1. The van der Waals surface area contributed by atoms with Gasteiger partial charge in [-0.2, -0.15) is 5.26 Å². The highest BCUT2D eigenvalue weighted by atomic mass is 16.5. The molecule has 0 saturated carbocycles. The Morgan fingerprint density at radius 3 is 2.47 bits per heavy atom. The van der Waals surface area contributed by atoms with Gasteiger partial charge < -0.3 is 4.74 Å². The van der Waals surface area contributed by atoms with Gasteiger partial charge in [-0.15, -0.1) is 0 Å². The number of nitriles is 1. The van der Waals surface area contributed by atoms with Crippen molar-refractivity contribution < 1.29 is 4.74 Å². The van der Waals surface area contributed by atoms with Gasteiger partial charge in [0, 0.05) is 12.3 Å². The van der Waals surface area contributed by atoms with E-state index in [1.54, 1.807) is 19.2 Å². The Balaban J connectivity index is 2.34. The summed E-state index contributed by atoms with van der Waals surface area (Å²) < 4.78 is 5.67. The van der Waals surface area contributed by atoms with Crippen LogP contribution in [0.1, 0.15) is 16.8 Å². The number of benzene rings is 1. The summed E-state index contributed by atoms with van der Waals surface area (Å²) in [5.41, 5.74) is 2.33. The predicted molar refractivity (Wildman–Crippen MR) is 64.9 cm³/mol. The Morgan fingerprint density at radius 2 is 1.82 bits per heavy atom. The first-order chi connectivity index (χ1) is 8.20. The van der Waals surface area contributed by atoms with Gasteiger partial charge in [-0.1, -0.05) is 17.7 Å². The van der Waals surface area contributed by atoms with E-state index in [1.165, 1.54) is 5.56 Å². The highest BCUT2D eigenvalue weighted by Crippen LogP contribution is 2.25. The lowest BCUT2D eigenvalue weighted by molar-refractivity contribution is 0.479. The molecule has 0 aliphatic rings. The summed E-state index contributed by atoms with van der Waals surface area (Å²) in [6, 6.07) is 11.5. The van der Waals surface area contributed by atoms with Crippen LogP contribution in [-0.2, 0) is 0 Å². The quantitative estimate of drug-likeness (QED) is 0.785. The van der Waals surface area contributed by atoms with Crippen LogP contribution >= 0.6 is 0 Å². The molecule has 0 N–H and O–H groups in total. The summed E-state index contributed by atoms with van der Waals surface area (Å²) in [5.74, 6) is 1.27. The average molecular weight is 224 g/mol. The van der Waals surface area contributed by atoms with Gasteiger partial charge in [0.25, 0.3) is 0 Å². The number of aromatic nitrogens is 1. The van der Waals surface area contributed by atoms with E-state index in [9.17, 15) is 0 Å². The zero-order valence-electron chi connectivity index (χ0n) is 9.77. The second-order valence-corrected chi connectivity index (χ2v) is 3.80. The van der Waals surface area contributed by atoms with Crippen molar-refractivity contribution in [3.8, 4) is 17.6 Å². The first-order valence-corrected chi connectivity index (χ1v) is 5.31. The van der Waals surface area contributed by atoms with Crippen molar-refractivity contribution in [2.45, 2.75) is 13.8 Å². The van der Waals surface area contributed by atoms with Gasteiger partial charge in [-0.3, -0.25) is 4.98 Å². The summed E-state index contributed by atoms with van der Waals surface area (Å²) in [5, 5.41) is 9.05. The number of hydrogen-bond acceptors (Lipinski definition) is 3. The Bertz CT molecular complexity index is 568. The van der Waals surface area contributed by atoms with Crippen molar-refractivity contribution >= 4 is 0 Å². The van der Waals surface area contributed by atoms with E-state index in [0.29, 0.717) is 17.0 Å². The van der Waals surface area contributed by atoms with Crippen LogP contribution in [0.4, 0.5) is 0 Å². The zero-order valence-corrected chi connectivity index (χ0v) is 9.77. The van der Waals surface area contributed by atoms with Crippen LogP contribution in [0.5, 0.6) is 11.5 Å². The largest absolute Gasteiger partial charge is 0.456 e. The molecule has 17 heavy (non-hydrogen) atoms. The van der Waals surface area contributed by atoms with E-state index < -0.39 is 0 Å². The molecule has 1 aromatic heterocycles. The third-order valence-corrected chi connectivity index (χ3v) is 2.46.